The van der Waals surface area contributed by atoms with Crippen molar-refractivity contribution in [1.82, 2.24) is 95.5 Å². The van der Waals surface area contributed by atoms with Gasteiger partial charge < -0.3 is 45.7 Å². The van der Waals surface area contributed by atoms with Crippen molar-refractivity contribution < 1.29 is 101 Å². The number of hydrogen-bond donors (Lipinski definition) is 0. The van der Waals surface area contributed by atoms with E-state index in [1.807, 2.05) is 206 Å². The average Bonchev–Trinajstić information content (AvgIpc) is 1.75. The Hall–Kier alpha value is -13.5. The Labute approximate surface area is 889 Å². The van der Waals surface area contributed by atoms with Gasteiger partial charge in [0.1, 0.15) is 0 Å². The van der Waals surface area contributed by atoms with Crippen molar-refractivity contribution >= 4 is 55.2 Å². The quantitative estimate of drug-likeness (QED) is 0.0897. The van der Waals surface area contributed by atoms with Gasteiger partial charge in [0.05, 0.1) is 66.4 Å². The van der Waals surface area contributed by atoms with E-state index in [1.54, 1.807) is 0 Å². The zero-order chi connectivity index (χ0) is 94.1. The van der Waals surface area contributed by atoms with Gasteiger partial charge in [-0.15, -0.1) is 119 Å². The number of rotatable bonds is 15. The van der Waals surface area contributed by atoms with Crippen LogP contribution in [0.2, 0.25) is 0 Å². The van der Waals surface area contributed by atoms with Gasteiger partial charge in [-0.1, -0.05) is 191 Å². The van der Waals surface area contributed by atoms with E-state index in [0.29, 0.717) is 11.8 Å². The van der Waals surface area contributed by atoms with Gasteiger partial charge >= 0.3 is 0 Å². The van der Waals surface area contributed by atoms with Crippen molar-refractivity contribution in [3.05, 3.63) is 405 Å². The molecule has 23 rings (SSSR count). The topological polar surface area (TPSA) is 178 Å². The van der Waals surface area contributed by atoms with E-state index in [-0.39, 0.29) is 101 Å². The standard InChI is InChI=1S/C29H21N4.C25H21N4.C23H25N4.C20H19N4.C19H17N4.5Ir/c1-32-20-31-26-19-23(15-16-27(26)32)29-30-17-18-33(29)28-24(21-9-4-2-5-10-21)13-8-14-25(28)22-11-6-3-7-12-22;1-17-13-21(19-7-5-4-6-8-19)14-18(2)24(17)29-12-11-26-25(29)20-9-10-23-22(15-20)27-16-28(23)3;1-15(2)18-7-6-8-19(16(3)4)22(18)27-12-11-24-23(27)17-9-10-21-20(13-17)25-14-26(21)5;1-13-9-14(2)19(15(3)10-13)24-8-7-21-20(24)16-5-6-18-17(11-16)22-12-23(18)4;1-13-5-4-6-14(2)18(13)23-10-9-20-19(23)15-7-8-17-16(11-15)21-12-22(17)3;;;;;/h2-14,16-20H,1H3;4-8,10-16H,1-3H3;6-8,10-16H,1-5H3;6-12H,1-4H3;4-6,8-12H,1-3H3;;;;;/q5*-1;;;;;. The Morgan fingerprint density at radius 2 is 0.482 bits per heavy atom. The molecule has 0 spiro atoms. The van der Waals surface area contributed by atoms with E-state index in [4.69, 9.17) is 4.98 Å². The second kappa shape index (κ2) is 45.0. The predicted octanol–water partition coefficient (Wildman–Crippen LogP) is 25.5. The van der Waals surface area contributed by atoms with Crippen molar-refractivity contribution in [3.8, 4) is 119 Å². The van der Waals surface area contributed by atoms with Crippen LogP contribution < -0.4 is 0 Å². The molecule has 0 aliphatic rings. The Balaban J connectivity index is 0.000000140. The normalized spacial score (nSPS) is 11.0. The molecule has 0 aliphatic heterocycles. The SMILES string of the molecule is CC(C)c1cccc(C(C)C)c1-n1ccnc1-c1[c-]cc2c(c1)ncn2C.Cc1cc(-c2ccccc2)cc(C)c1-n1ccnc1-c1[c-]cc2c(c1)ncn2C.Cc1cc(C)c(-n2ccnc2-c2[c-]cc3c(c2)ncn3C)c(C)c1.Cc1cccc(C)c1-n1ccnc1-c1[c-]cc2c(c1)ncn2C.Cn1cnc2cc(-c3nccn3-c3c(-c4ccccc4)cccc3-c3ccccc3)[c-]cc21.[Ir].[Ir].[Ir].[Ir].[Ir]. The molecule has 10 aromatic heterocycles. The summed E-state index contributed by atoms with van der Waals surface area (Å²) in [6, 6.07) is 96.9. The van der Waals surface area contributed by atoms with Crippen LogP contribution in [0.3, 0.4) is 0 Å². The fraction of sp³-hybridized carbons (Fsp3) is 0.155. The summed E-state index contributed by atoms with van der Waals surface area (Å²) in [4.78, 5) is 45.6. The maximum Gasteiger partial charge on any atom is 0.0853 e. The van der Waals surface area contributed by atoms with Crippen LogP contribution in [0.5, 0.6) is 0 Å². The summed E-state index contributed by atoms with van der Waals surface area (Å²) in [5.74, 6) is 5.23. The average molecular weight is 2740 g/mol. The van der Waals surface area contributed by atoms with E-state index in [9.17, 15) is 0 Å². The van der Waals surface area contributed by atoms with E-state index in [0.717, 1.165) is 146 Å². The maximum absolute atomic E-state index is 4.74. The minimum atomic E-state index is 0. The van der Waals surface area contributed by atoms with Crippen LogP contribution in [-0.4, -0.2) is 95.5 Å². The molecule has 0 amide bonds. The Kier molecular flexibility index (Phi) is 33.0. The molecule has 20 nitrogen and oxygen atoms in total. The number of fused-ring (bicyclic) bond motifs is 5. The van der Waals surface area contributed by atoms with Gasteiger partial charge in [-0.2, -0.15) is 0 Å². The van der Waals surface area contributed by atoms with Crippen LogP contribution >= 0.6 is 0 Å². The van der Waals surface area contributed by atoms with Crippen molar-refractivity contribution in [2.45, 2.75) is 88.0 Å². The molecule has 23 aromatic rings. The van der Waals surface area contributed by atoms with Gasteiger partial charge in [-0.3, -0.25) is 49.8 Å². The van der Waals surface area contributed by atoms with Gasteiger partial charge in [0.25, 0.3) is 0 Å². The number of nitrogens with zero attached hydrogens (tertiary/aromatic N) is 20. The zero-order valence-electron chi connectivity index (χ0n) is 80.9. The molecule has 717 valence electrons. The number of benzene rings is 13. The molecule has 0 atom stereocenters. The molecule has 13 aromatic carbocycles. The molecule has 0 bridgehead atoms. The molecular formula is C116H103Ir5N20-5. The summed E-state index contributed by atoms with van der Waals surface area (Å²) >= 11 is 0. The smallest absolute Gasteiger partial charge is 0.0853 e. The van der Waals surface area contributed by atoms with E-state index >= 15 is 0 Å². The first-order chi connectivity index (χ1) is 66.1. The number of hydrogen-bond acceptors (Lipinski definition) is 10. The second-order valence-electron chi connectivity index (χ2n) is 35.3. The molecule has 0 fully saturated rings. The van der Waals surface area contributed by atoms with Gasteiger partial charge in [0, 0.05) is 259 Å². The molecule has 0 unspecified atom stereocenters. The van der Waals surface area contributed by atoms with Crippen LogP contribution in [-0.2, 0) is 136 Å². The van der Waals surface area contributed by atoms with Crippen molar-refractivity contribution in [3.63, 3.8) is 0 Å². The molecule has 25 heteroatoms. The molecular weight excluding hydrogens is 2630 g/mol. The van der Waals surface area contributed by atoms with E-state index in [1.165, 1.54) is 78.3 Å². The monoisotopic (exact) mass is 2740 g/mol. The fourth-order valence-electron chi connectivity index (χ4n) is 18.6. The molecule has 0 saturated heterocycles. The summed E-state index contributed by atoms with van der Waals surface area (Å²) in [5, 5.41) is 0. The number of aromatic nitrogens is 20. The summed E-state index contributed by atoms with van der Waals surface area (Å²) in [6.45, 7) is 23.9. The van der Waals surface area contributed by atoms with Gasteiger partial charge in [0.15, 0.2) is 0 Å². The minimum Gasteiger partial charge on any atom is -0.373 e. The van der Waals surface area contributed by atoms with E-state index in [2.05, 4.69) is 350 Å². The van der Waals surface area contributed by atoms with Gasteiger partial charge in [0.2, 0.25) is 0 Å². The Bertz CT molecular complexity index is 8150. The Morgan fingerprint density at radius 3 is 0.773 bits per heavy atom. The largest absolute Gasteiger partial charge is 0.373 e. The molecule has 0 saturated carbocycles. The third-order valence-electron chi connectivity index (χ3n) is 25.1. The van der Waals surface area contributed by atoms with Crippen molar-refractivity contribution in [2.75, 3.05) is 0 Å². The van der Waals surface area contributed by atoms with Gasteiger partial charge in [-0.25, -0.2) is 0 Å². The zero-order valence-corrected chi connectivity index (χ0v) is 92.8. The molecule has 141 heavy (non-hydrogen) atoms. The van der Waals surface area contributed by atoms with Crippen LogP contribution in [0.25, 0.3) is 174 Å². The summed E-state index contributed by atoms with van der Waals surface area (Å²) in [6.07, 6.45) is 28.5. The third kappa shape index (κ3) is 21.1. The second-order valence-corrected chi connectivity index (χ2v) is 35.3. The third-order valence-corrected chi connectivity index (χ3v) is 25.1. The minimum absolute atomic E-state index is 0. The van der Waals surface area contributed by atoms with Crippen molar-refractivity contribution in [2.24, 2.45) is 35.2 Å². The number of imidazole rings is 10. The maximum atomic E-state index is 4.74. The van der Waals surface area contributed by atoms with Crippen LogP contribution in [0.4, 0.5) is 0 Å². The van der Waals surface area contributed by atoms with E-state index < -0.39 is 0 Å². The summed E-state index contributed by atoms with van der Waals surface area (Å²) in [5.41, 5.74) is 39.0. The van der Waals surface area contributed by atoms with Crippen LogP contribution in [0, 0.1) is 78.8 Å². The Morgan fingerprint density at radius 1 is 0.234 bits per heavy atom. The summed E-state index contributed by atoms with van der Waals surface area (Å²) < 4.78 is 20.8. The van der Waals surface area contributed by atoms with Crippen LogP contribution in [0.15, 0.2) is 324 Å². The molecule has 0 aliphatic carbocycles. The first-order valence-corrected chi connectivity index (χ1v) is 45.6. The predicted molar refractivity (Wildman–Crippen MR) is 548 cm³/mol. The first-order valence-electron chi connectivity index (χ1n) is 45.6. The van der Waals surface area contributed by atoms with Crippen LogP contribution in [0.1, 0.15) is 89.6 Å². The van der Waals surface area contributed by atoms with Crippen molar-refractivity contribution in [1.29, 1.82) is 0 Å². The molecule has 10 heterocycles. The first kappa shape index (κ1) is 103. The molecule has 5 radical (unpaired) electrons. The number of aryl methyl sites for hydroxylation is 12. The fourth-order valence-corrected chi connectivity index (χ4v) is 18.6. The van der Waals surface area contributed by atoms with Gasteiger partial charge in [-0.05, 0) is 167 Å². The summed E-state index contributed by atoms with van der Waals surface area (Å²) in [7, 11) is 9.96. The number of para-hydroxylation sites is 3. The molecule has 0 N–H and O–H groups in total.